The fourth-order valence-electron chi connectivity index (χ4n) is 6.05. The molecule has 2 saturated carbocycles. The van der Waals surface area contributed by atoms with Crippen LogP contribution in [0.1, 0.15) is 61.8 Å². The number of rotatable bonds is 6. The van der Waals surface area contributed by atoms with Gasteiger partial charge in [-0.1, -0.05) is 6.42 Å². The van der Waals surface area contributed by atoms with Crippen LogP contribution in [0.3, 0.4) is 0 Å². The second-order valence-corrected chi connectivity index (χ2v) is 10.7. The fraction of sp³-hybridized carbons (Fsp3) is 0.483. The van der Waals surface area contributed by atoms with Gasteiger partial charge >= 0.3 is 0 Å². The molecule has 0 radical (unpaired) electrons. The summed E-state index contributed by atoms with van der Waals surface area (Å²) in [5.74, 6) is 0.202. The third kappa shape index (κ3) is 4.58. The van der Waals surface area contributed by atoms with Crippen molar-refractivity contribution >= 4 is 22.4 Å². The van der Waals surface area contributed by atoms with Crippen LogP contribution < -0.4 is 15.4 Å². The molecule has 0 spiro atoms. The second-order valence-electron chi connectivity index (χ2n) is 10.7. The molecule has 196 valence electrons. The molecule has 0 saturated heterocycles. The minimum atomic E-state index is -0.456. The van der Waals surface area contributed by atoms with E-state index in [1.807, 2.05) is 18.9 Å². The SMILES string of the molecule is Cc1cc(F)ncc1N(CC1CCC1)C1CCC(N(C)c2c(C#N)c(=O)n(C)c3ccc(C#N)nc23)CC1. The Balaban J connectivity index is 1.43. The molecule has 0 amide bonds. The van der Waals surface area contributed by atoms with Crippen LogP contribution in [-0.4, -0.2) is 40.2 Å². The molecule has 5 rings (SSSR count). The van der Waals surface area contributed by atoms with Gasteiger partial charge in [-0.15, -0.1) is 0 Å². The number of aryl methyl sites for hydroxylation is 2. The van der Waals surface area contributed by atoms with Crippen LogP contribution in [0.5, 0.6) is 0 Å². The quantitative estimate of drug-likeness (QED) is 0.445. The maximum absolute atomic E-state index is 13.8. The molecule has 0 aliphatic heterocycles. The molecule has 2 aliphatic rings. The van der Waals surface area contributed by atoms with E-state index in [-0.39, 0.29) is 22.9 Å². The highest BCUT2D eigenvalue weighted by atomic mass is 19.1. The van der Waals surface area contributed by atoms with E-state index in [1.54, 1.807) is 25.4 Å². The van der Waals surface area contributed by atoms with Crippen molar-refractivity contribution in [2.24, 2.45) is 13.0 Å². The summed E-state index contributed by atoms with van der Waals surface area (Å²) in [6.07, 6.45) is 9.00. The number of hydrogen-bond acceptors (Lipinski definition) is 7. The van der Waals surface area contributed by atoms with Crippen LogP contribution in [0.2, 0.25) is 0 Å². The number of hydrogen-bond donors (Lipinski definition) is 0. The Bertz CT molecular complexity index is 1510. The van der Waals surface area contributed by atoms with Crippen LogP contribution in [0.25, 0.3) is 11.0 Å². The predicted molar refractivity (Wildman–Crippen MR) is 144 cm³/mol. The van der Waals surface area contributed by atoms with E-state index in [0.29, 0.717) is 28.7 Å². The normalized spacial score (nSPS) is 19.4. The predicted octanol–water partition coefficient (Wildman–Crippen LogP) is 4.57. The highest BCUT2D eigenvalue weighted by molar-refractivity contribution is 5.92. The first-order valence-electron chi connectivity index (χ1n) is 13.3. The Labute approximate surface area is 221 Å². The van der Waals surface area contributed by atoms with E-state index in [4.69, 9.17) is 0 Å². The minimum absolute atomic E-state index is 0.0480. The fourth-order valence-corrected chi connectivity index (χ4v) is 6.05. The van der Waals surface area contributed by atoms with E-state index in [0.717, 1.165) is 43.5 Å². The maximum atomic E-state index is 13.8. The topological polar surface area (TPSA) is 102 Å². The Morgan fingerprint density at radius 3 is 2.42 bits per heavy atom. The highest BCUT2D eigenvalue weighted by Gasteiger charge is 2.33. The van der Waals surface area contributed by atoms with Crippen molar-refractivity contribution in [3.05, 3.63) is 57.5 Å². The van der Waals surface area contributed by atoms with Gasteiger partial charge in [0.05, 0.1) is 23.1 Å². The van der Waals surface area contributed by atoms with Crippen molar-refractivity contribution in [3.8, 4) is 12.1 Å². The second kappa shape index (κ2) is 10.4. The molecule has 2 aliphatic carbocycles. The molecule has 3 aromatic rings. The maximum Gasteiger partial charge on any atom is 0.270 e. The van der Waals surface area contributed by atoms with Gasteiger partial charge in [0.1, 0.15) is 28.9 Å². The summed E-state index contributed by atoms with van der Waals surface area (Å²) in [7, 11) is 3.54. The summed E-state index contributed by atoms with van der Waals surface area (Å²) < 4.78 is 15.2. The molecular weight excluding hydrogens is 481 g/mol. The molecule has 9 heteroatoms. The molecule has 8 nitrogen and oxygen atoms in total. The number of pyridine rings is 3. The van der Waals surface area contributed by atoms with E-state index in [2.05, 4.69) is 27.0 Å². The van der Waals surface area contributed by atoms with Crippen molar-refractivity contribution in [1.29, 1.82) is 10.5 Å². The molecule has 0 unspecified atom stereocenters. The number of aromatic nitrogens is 3. The van der Waals surface area contributed by atoms with Crippen molar-refractivity contribution < 1.29 is 4.39 Å². The van der Waals surface area contributed by atoms with Gasteiger partial charge in [0.2, 0.25) is 5.95 Å². The number of nitrogens with zero attached hydrogens (tertiary/aromatic N) is 7. The molecule has 0 aromatic carbocycles. The third-order valence-corrected chi connectivity index (χ3v) is 8.49. The average molecular weight is 514 g/mol. The first-order valence-corrected chi connectivity index (χ1v) is 13.3. The van der Waals surface area contributed by atoms with E-state index in [1.165, 1.54) is 29.9 Å². The van der Waals surface area contributed by atoms with Crippen LogP contribution in [-0.2, 0) is 7.05 Å². The molecule has 0 bridgehead atoms. The Morgan fingerprint density at radius 2 is 1.82 bits per heavy atom. The van der Waals surface area contributed by atoms with E-state index < -0.39 is 5.95 Å². The Morgan fingerprint density at radius 1 is 1.11 bits per heavy atom. The minimum Gasteiger partial charge on any atom is -0.369 e. The highest BCUT2D eigenvalue weighted by Crippen LogP contribution is 2.37. The number of halogens is 1. The van der Waals surface area contributed by atoms with Gasteiger partial charge in [0.25, 0.3) is 5.56 Å². The summed E-state index contributed by atoms with van der Waals surface area (Å²) in [6, 6.07) is 9.41. The van der Waals surface area contributed by atoms with Gasteiger partial charge < -0.3 is 14.4 Å². The lowest BCUT2D eigenvalue weighted by atomic mass is 9.83. The zero-order chi connectivity index (χ0) is 27.0. The van der Waals surface area contributed by atoms with Crippen molar-refractivity contribution in [2.45, 2.75) is 64.0 Å². The van der Waals surface area contributed by atoms with E-state index >= 15 is 0 Å². The summed E-state index contributed by atoms with van der Waals surface area (Å²) >= 11 is 0. The lowest BCUT2D eigenvalue weighted by Gasteiger charge is -2.44. The molecule has 0 N–H and O–H groups in total. The monoisotopic (exact) mass is 513 g/mol. The zero-order valence-electron chi connectivity index (χ0n) is 22.1. The van der Waals surface area contributed by atoms with Crippen molar-refractivity contribution in [3.63, 3.8) is 0 Å². The number of nitriles is 2. The van der Waals surface area contributed by atoms with Crippen LogP contribution in [0, 0.1) is 41.5 Å². The lowest BCUT2D eigenvalue weighted by Crippen LogP contribution is -2.46. The van der Waals surface area contributed by atoms with Crippen molar-refractivity contribution in [2.75, 3.05) is 23.4 Å². The van der Waals surface area contributed by atoms with Crippen LogP contribution >= 0.6 is 0 Å². The Hall–Kier alpha value is -3.98. The Kier molecular flexibility index (Phi) is 7.03. The van der Waals surface area contributed by atoms with E-state index in [9.17, 15) is 19.7 Å². The largest absolute Gasteiger partial charge is 0.369 e. The van der Waals surface area contributed by atoms with Gasteiger partial charge in [0.15, 0.2) is 0 Å². The first-order chi connectivity index (χ1) is 18.3. The van der Waals surface area contributed by atoms with Gasteiger partial charge in [-0.05, 0) is 75.1 Å². The summed E-state index contributed by atoms with van der Waals surface area (Å²) in [5, 5.41) is 19.4. The lowest BCUT2D eigenvalue weighted by molar-refractivity contribution is 0.290. The van der Waals surface area contributed by atoms with Gasteiger partial charge in [-0.2, -0.15) is 14.9 Å². The average Bonchev–Trinajstić information content (AvgIpc) is 2.90. The molecule has 38 heavy (non-hydrogen) atoms. The molecule has 3 heterocycles. The van der Waals surface area contributed by atoms with Crippen LogP contribution in [0.4, 0.5) is 15.8 Å². The van der Waals surface area contributed by atoms with Gasteiger partial charge in [0, 0.05) is 32.7 Å². The smallest absolute Gasteiger partial charge is 0.270 e. The van der Waals surface area contributed by atoms with Crippen LogP contribution in [0.15, 0.2) is 29.2 Å². The molecule has 3 aromatic heterocycles. The molecule has 0 atom stereocenters. The summed E-state index contributed by atoms with van der Waals surface area (Å²) in [4.78, 5) is 26.0. The summed E-state index contributed by atoms with van der Waals surface area (Å²) in [6.45, 7) is 2.90. The number of anilines is 2. The number of fused-ring (bicyclic) bond motifs is 1. The standard InChI is InChI=1S/C29H32FN7O/c1-18-13-26(30)33-16-25(18)37(17-19-5-4-6-19)22-10-8-21(9-11-22)35(2)28-23(15-32)29(38)36(3)24-12-7-20(14-31)34-27(24)28/h7,12-13,16,19,21-22H,4-6,8-11,17H2,1-3H3. The zero-order valence-corrected chi connectivity index (χ0v) is 22.1. The molecular formula is C29H32FN7O. The third-order valence-electron chi connectivity index (χ3n) is 8.49. The summed E-state index contributed by atoms with van der Waals surface area (Å²) in [5.41, 5.74) is 3.42. The van der Waals surface area contributed by atoms with Crippen molar-refractivity contribution in [1.82, 2.24) is 14.5 Å². The van der Waals surface area contributed by atoms with Gasteiger partial charge in [-0.25, -0.2) is 9.97 Å². The first kappa shape index (κ1) is 25.7. The molecule has 2 fully saturated rings. The van der Waals surface area contributed by atoms with Gasteiger partial charge in [-0.3, -0.25) is 4.79 Å².